The summed E-state index contributed by atoms with van der Waals surface area (Å²) in [5, 5.41) is 2.91. The fourth-order valence-corrected chi connectivity index (χ4v) is 3.06. The molecule has 4 nitrogen and oxygen atoms in total. The number of thioether (sulfide) groups is 1. The molecule has 0 spiro atoms. The second-order valence-electron chi connectivity index (χ2n) is 5.76. The van der Waals surface area contributed by atoms with Crippen molar-refractivity contribution in [1.82, 2.24) is 0 Å². The molecule has 0 aliphatic rings. The highest BCUT2D eigenvalue weighted by Gasteiger charge is 2.08. The van der Waals surface area contributed by atoms with E-state index in [0.29, 0.717) is 23.7 Å². The molecule has 0 unspecified atom stereocenters. The van der Waals surface area contributed by atoms with E-state index < -0.39 is 0 Å². The van der Waals surface area contributed by atoms with Gasteiger partial charge in [-0.05, 0) is 61.7 Å². The summed E-state index contributed by atoms with van der Waals surface area (Å²) in [6, 6.07) is 13.2. The van der Waals surface area contributed by atoms with Crippen LogP contribution >= 0.6 is 11.8 Å². The number of carbonyl (C=O) groups is 2. The van der Waals surface area contributed by atoms with Gasteiger partial charge in [-0.1, -0.05) is 18.2 Å². The van der Waals surface area contributed by atoms with Gasteiger partial charge in [-0.25, -0.2) is 4.79 Å². The first-order chi connectivity index (χ1) is 12.0. The number of rotatable bonds is 7. The van der Waals surface area contributed by atoms with Gasteiger partial charge in [-0.2, -0.15) is 0 Å². The largest absolute Gasteiger partial charge is 0.462 e. The monoisotopic (exact) mass is 357 g/mol. The molecule has 1 N–H and O–H groups in total. The van der Waals surface area contributed by atoms with Crippen molar-refractivity contribution < 1.29 is 14.3 Å². The molecule has 0 saturated carbocycles. The van der Waals surface area contributed by atoms with Gasteiger partial charge < -0.3 is 10.1 Å². The molecule has 2 aromatic carbocycles. The zero-order valence-electron chi connectivity index (χ0n) is 14.8. The van der Waals surface area contributed by atoms with Crippen molar-refractivity contribution in [1.29, 1.82) is 0 Å². The molecule has 2 aromatic rings. The van der Waals surface area contributed by atoms with Crippen molar-refractivity contribution in [2.24, 2.45) is 0 Å². The Balaban J connectivity index is 1.83. The molecule has 25 heavy (non-hydrogen) atoms. The summed E-state index contributed by atoms with van der Waals surface area (Å²) < 4.78 is 5.00. The maximum Gasteiger partial charge on any atom is 0.338 e. The third-order valence-electron chi connectivity index (χ3n) is 3.73. The average Bonchev–Trinajstić information content (AvgIpc) is 2.59. The quantitative estimate of drug-likeness (QED) is 0.749. The molecule has 0 heterocycles. The summed E-state index contributed by atoms with van der Waals surface area (Å²) in [6.07, 6.45) is 0. The number of anilines is 1. The molecule has 0 atom stereocenters. The van der Waals surface area contributed by atoms with Crippen LogP contribution in [0, 0.1) is 13.8 Å². The smallest absolute Gasteiger partial charge is 0.338 e. The van der Waals surface area contributed by atoms with Crippen LogP contribution in [0.3, 0.4) is 0 Å². The third kappa shape index (κ3) is 5.94. The lowest BCUT2D eigenvalue weighted by Gasteiger charge is -2.08. The van der Waals surface area contributed by atoms with E-state index in [2.05, 4.69) is 5.32 Å². The molecule has 0 fully saturated rings. The lowest BCUT2D eigenvalue weighted by Crippen LogP contribution is -2.14. The SMILES string of the molecule is CCOC(=O)c1cccc(CSCC(=O)Nc2ccc(C)c(C)c2)c1. The molecule has 0 radical (unpaired) electrons. The van der Waals surface area contributed by atoms with E-state index in [4.69, 9.17) is 4.74 Å². The maximum atomic E-state index is 12.1. The van der Waals surface area contributed by atoms with Gasteiger partial charge in [-0.15, -0.1) is 11.8 Å². The Morgan fingerprint density at radius 3 is 2.60 bits per heavy atom. The number of nitrogens with one attached hydrogen (secondary N) is 1. The molecule has 5 heteroatoms. The van der Waals surface area contributed by atoms with E-state index in [-0.39, 0.29) is 11.9 Å². The summed E-state index contributed by atoms with van der Waals surface area (Å²) in [5.41, 5.74) is 4.71. The predicted octanol–water partition coefficient (Wildman–Crippen LogP) is 4.35. The van der Waals surface area contributed by atoms with Crippen LogP contribution in [0.5, 0.6) is 0 Å². The minimum atomic E-state index is -0.318. The van der Waals surface area contributed by atoms with Gasteiger partial charge in [0.15, 0.2) is 0 Å². The lowest BCUT2D eigenvalue weighted by atomic mass is 10.1. The van der Waals surface area contributed by atoms with Crippen molar-refractivity contribution in [3.05, 3.63) is 64.7 Å². The van der Waals surface area contributed by atoms with Crippen LogP contribution < -0.4 is 5.32 Å². The van der Waals surface area contributed by atoms with Gasteiger partial charge >= 0.3 is 5.97 Å². The van der Waals surface area contributed by atoms with E-state index >= 15 is 0 Å². The molecule has 0 bridgehead atoms. The van der Waals surface area contributed by atoms with Crippen LogP contribution in [0.1, 0.15) is 34.0 Å². The van der Waals surface area contributed by atoms with Gasteiger partial charge in [0, 0.05) is 11.4 Å². The minimum Gasteiger partial charge on any atom is -0.462 e. The van der Waals surface area contributed by atoms with E-state index in [9.17, 15) is 9.59 Å². The highest BCUT2D eigenvalue weighted by molar-refractivity contribution is 7.99. The van der Waals surface area contributed by atoms with Crippen LogP contribution in [0.2, 0.25) is 0 Å². The van der Waals surface area contributed by atoms with Crippen molar-refractivity contribution >= 4 is 29.3 Å². The van der Waals surface area contributed by atoms with Gasteiger partial charge in [-0.3, -0.25) is 4.79 Å². The Morgan fingerprint density at radius 2 is 1.88 bits per heavy atom. The summed E-state index contributed by atoms with van der Waals surface area (Å²) in [6.45, 7) is 6.21. The highest BCUT2D eigenvalue weighted by atomic mass is 32.2. The Labute approximate surface area is 153 Å². The molecule has 0 saturated heterocycles. The lowest BCUT2D eigenvalue weighted by molar-refractivity contribution is -0.113. The Kier molecular flexibility index (Phi) is 7.07. The number of aryl methyl sites for hydroxylation is 2. The number of amides is 1. The van der Waals surface area contributed by atoms with Crippen LogP contribution in [0.15, 0.2) is 42.5 Å². The normalized spacial score (nSPS) is 10.4. The summed E-state index contributed by atoms with van der Waals surface area (Å²) in [7, 11) is 0. The van der Waals surface area contributed by atoms with Crippen LogP contribution in [-0.4, -0.2) is 24.2 Å². The first kappa shape index (κ1) is 19.1. The number of carbonyl (C=O) groups excluding carboxylic acids is 2. The Morgan fingerprint density at radius 1 is 1.08 bits per heavy atom. The predicted molar refractivity (Wildman–Crippen MR) is 103 cm³/mol. The molecule has 0 aliphatic heterocycles. The molecule has 0 aromatic heterocycles. The van der Waals surface area contributed by atoms with Crippen molar-refractivity contribution in [2.75, 3.05) is 17.7 Å². The highest BCUT2D eigenvalue weighted by Crippen LogP contribution is 2.17. The first-order valence-electron chi connectivity index (χ1n) is 8.20. The second kappa shape index (κ2) is 9.28. The topological polar surface area (TPSA) is 55.4 Å². The third-order valence-corrected chi connectivity index (χ3v) is 4.73. The van der Waals surface area contributed by atoms with Crippen LogP contribution in [0.25, 0.3) is 0 Å². The number of benzene rings is 2. The van der Waals surface area contributed by atoms with Gasteiger partial charge in [0.1, 0.15) is 0 Å². The van der Waals surface area contributed by atoms with Crippen molar-refractivity contribution in [3.8, 4) is 0 Å². The van der Waals surface area contributed by atoms with Crippen molar-refractivity contribution in [3.63, 3.8) is 0 Å². The minimum absolute atomic E-state index is 0.0326. The summed E-state index contributed by atoms with van der Waals surface area (Å²) in [5.74, 6) is 0.668. The van der Waals surface area contributed by atoms with Crippen LogP contribution in [0.4, 0.5) is 5.69 Å². The fraction of sp³-hybridized carbons (Fsp3) is 0.300. The standard InChI is InChI=1S/C20H23NO3S/c1-4-24-20(23)17-7-5-6-16(11-17)12-25-13-19(22)21-18-9-8-14(2)15(3)10-18/h5-11H,4,12-13H2,1-3H3,(H,21,22). The fourth-order valence-electron chi connectivity index (χ4n) is 2.28. The maximum absolute atomic E-state index is 12.1. The van der Waals surface area contributed by atoms with Gasteiger partial charge in [0.2, 0.25) is 5.91 Å². The van der Waals surface area contributed by atoms with Crippen LogP contribution in [-0.2, 0) is 15.3 Å². The Hall–Kier alpha value is -2.27. The van der Waals surface area contributed by atoms with E-state index in [0.717, 1.165) is 16.8 Å². The van der Waals surface area contributed by atoms with Gasteiger partial charge in [0.25, 0.3) is 0 Å². The molecular formula is C20H23NO3S. The summed E-state index contributed by atoms with van der Waals surface area (Å²) >= 11 is 1.51. The first-order valence-corrected chi connectivity index (χ1v) is 9.36. The van der Waals surface area contributed by atoms with Crippen molar-refractivity contribution in [2.45, 2.75) is 26.5 Å². The average molecular weight is 357 g/mol. The summed E-state index contributed by atoms with van der Waals surface area (Å²) in [4.78, 5) is 23.8. The number of ether oxygens (including phenoxy) is 1. The number of esters is 1. The second-order valence-corrected chi connectivity index (χ2v) is 6.75. The molecular weight excluding hydrogens is 334 g/mol. The Bertz CT molecular complexity index is 758. The number of hydrogen-bond acceptors (Lipinski definition) is 4. The molecule has 2 rings (SSSR count). The molecule has 132 valence electrons. The zero-order chi connectivity index (χ0) is 18.2. The van der Waals surface area contributed by atoms with Gasteiger partial charge in [0.05, 0.1) is 17.9 Å². The number of hydrogen-bond donors (Lipinski definition) is 1. The van der Waals surface area contributed by atoms with E-state index in [1.807, 2.05) is 50.2 Å². The molecule has 1 amide bonds. The van der Waals surface area contributed by atoms with E-state index in [1.54, 1.807) is 13.0 Å². The molecule has 0 aliphatic carbocycles. The van der Waals surface area contributed by atoms with E-state index in [1.165, 1.54) is 17.3 Å². The zero-order valence-corrected chi connectivity index (χ0v) is 15.6.